The van der Waals surface area contributed by atoms with Gasteiger partial charge in [-0.25, -0.2) is 0 Å². The molecule has 1 fully saturated rings. The smallest absolute Gasteiger partial charge is 0.0702 e. The highest BCUT2D eigenvalue weighted by atomic mass is 16.5. The minimum atomic E-state index is 0.306. The Morgan fingerprint density at radius 2 is 2.06 bits per heavy atom. The van der Waals surface area contributed by atoms with E-state index in [1.165, 1.54) is 12.8 Å². The Labute approximate surface area is 113 Å². The fourth-order valence-corrected chi connectivity index (χ4v) is 2.56. The summed E-state index contributed by atoms with van der Waals surface area (Å²) in [6.07, 6.45) is 2.93. The molecule has 2 atom stereocenters. The molecule has 0 aromatic rings. The van der Waals surface area contributed by atoms with Crippen molar-refractivity contribution < 1.29 is 4.74 Å². The van der Waals surface area contributed by atoms with Crippen LogP contribution in [0.1, 0.15) is 47.5 Å². The van der Waals surface area contributed by atoms with Crippen molar-refractivity contribution in [1.82, 2.24) is 10.2 Å². The van der Waals surface area contributed by atoms with Crippen molar-refractivity contribution in [1.29, 1.82) is 0 Å². The summed E-state index contributed by atoms with van der Waals surface area (Å²) >= 11 is 0. The van der Waals surface area contributed by atoms with Gasteiger partial charge in [0.25, 0.3) is 0 Å². The second kappa shape index (κ2) is 7.46. The number of nitrogens with one attached hydrogen (secondary N) is 1. The zero-order chi connectivity index (χ0) is 13.6. The van der Waals surface area contributed by atoms with Crippen LogP contribution in [0.5, 0.6) is 0 Å². The van der Waals surface area contributed by atoms with E-state index in [1.807, 2.05) is 0 Å². The van der Waals surface area contributed by atoms with Crippen molar-refractivity contribution in [2.75, 3.05) is 32.8 Å². The lowest BCUT2D eigenvalue weighted by molar-refractivity contribution is 0.0649. The van der Waals surface area contributed by atoms with Gasteiger partial charge in [0.1, 0.15) is 0 Å². The Morgan fingerprint density at radius 1 is 1.33 bits per heavy atom. The van der Waals surface area contributed by atoms with Crippen molar-refractivity contribution in [3.63, 3.8) is 0 Å². The minimum Gasteiger partial charge on any atom is -0.377 e. The Bertz CT molecular complexity index is 219. The van der Waals surface area contributed by atoms with Crippen LogP contribution < -0.4 is 5.32 Å². The van der Waals surface area contributed by atoms with Crippen LogP contribution in [-0.2, 0) is 4.74 Å². The molecule has 0 bridgehead atoms. The molecule has 0 spiro atoms. The summed E-state index contributed by atoms with van der Waals surface area (Å²) in [5.74, 6) is 0. The van der Waals surface area contributed by atoms with Gasteiger partial charge in [-0.15, -0.1) is 0 Å². The van der Waals surface area contributed by atoms with Gasteiger partial charge >= 0.3 is 0 Å². The van der Waals surface area contributed by atoms with Crippen LogP contribution in [0.2, 0.25) is 0 Å². The lowest BCUT2D eigenvalue weighted by Crippen LogP contribution is -2.49. The summed E-state index contributed by atoms with van der Waals surface area (Å²) in [7, 11) is 0. The Hall–Kier alpha value is -0.120. The van der Waals surface area contributed by atoms with Crippen LogP contribution in [0.25, 0.3) is 0 Å². The molecule has 0 saturated carbocycles. The first-order valence-electron chi connectivity index (χ1n) is 7.54. The molecule has 0 amide bonds. The maximum atomic E-state index is 5.75. The number of likely N-dealkylation sites (N-methyl/N-ethyl adjacent to an activating group) is 2. The molecule has 2 unspecified atom stereocenters. The van der Waals surface area contributed by atoms with Crippen molar-refractivity contribution in [3.05, 3.63) is 0 Å². The lowest BCUT2D eigenvalue weighted by atomic mass is 9.86. The zero-order valence-corrected chi connectivity index (χ0v) is 13.0. The summed E-state index contributed by atoms with van der Waals surface area (Å²) in [6.45, 7) is 16.7. The van der Waals surface area contributed by atoms with E-state index in [-0.39, 0.29) is 0 Å². The van der Waals surface area contributed by atoms with Crippen molar-refractivity contribution in [2.45, 2.75) is 59.6 Å². The molecular formula is C15H32N2O. The first-order valence-corrected chi connectivity index (χ1v) is 7.54. The summed E-state index contributed by atoms with van der Waals surface area (Å²) in [4.78, 5) is 2.54. The van der Waals surface area contributed by atoms with E-state index in [2.05, 4.69) is 44.8 Å². The molecule has 1 heterocycles. The van der Waals surface area contributed by atoms with E-state index in [0.717, 1.165) is 32.8 Å². The van der Waals surface area contributed by atoms with E-state index in [1.54, 1.807) is 0 Å². The number of ether oxygens (including phenoxy) is 1. The number of hydrogen-bond donors (Lipinski definition) is 1. The molecule has 1 aliphatic rings. The Kier molecular flexibility index (Phi) is 6.61. The van der Waals surface area contributed by atoms with Crippen molar-refractivity contribution >= 4 is 0 Å². The van der Waals surface area contributed by atoms with Crippen LogP contribution in [0.15, 0.2) is 0 Å². The minimum absolute atomic E-state index is 0.306. The second-order valence-corrected chi connectivity index (χ2v) is 6.46. The number of nitrogens with zero attached hydrogens (tertiary/aromatic N) is 1. The second-order valence-electron chi connectivity index (χ2n) is 6.46. The SMILES string of the molecule is CCNC(CN(CC)CC1CCCO1)C(C)(C)C. The molecule has 3 nitrogen and oxygen atoms in total. The van der Waals surface area contributed by atoms with E-state index in [0.29, 0.717) is 17.6 Å². The summed E-state index contributed by atoms with van der Waals surface area (Å²) in [5, 5.41) is 3.63. The molecule has 108 valence electrons. The molecule has 0 aliphatic carbocycles. The van der Waals surface area contributed by atoms with E-state index >= 15 is 0 Å². The van der Waals surface area contributed by atoms with Gasteiger partial charge in [0.15, 0.2) is 0 Å². The summed E-state index contributed by atoms with van der Waals surface area (Å²) in [6, 6.07) is 0.545. The molecule has 0 aromatic carbocycles. The van der Waals surface area contributed by atoms with E-state index < -0.39 is 0 Å². The Balaban J connectivity index is 2.47. The third kappa shape index (κ3) is 5.25. The van der Waals surface area contributed by atoms with Gasteiger partial charge in [0.05, 0.1) is 6.10 Å². The van der Waals surface area contributed by atoms with Gasteiger partial charge in [-0.1, -0.05) is 34.6 Å². The molecule has 0 aromatic heterocycles. The van der Waals surface area contributed by atoms with Crippen LogP contribution in [0, 0.1) is 5.41 Å². The molecule has 18 heavy (non-hydrogen) atoms. The van der Waals surface area contributed by atoms with Gasteiger partial charge in [-0.2, -0.15) is 0 Å². The maximum absolute atomic E-state index is 5.75. The van der Waals surface area contributed by atoms with Crippen molar-refractivity contribution in [3.8, 4) is 0 Å². The predicted molar refractivity (Wildman–Crippen MR) is 78.0 cm³/mol. The zero-order valence-electron chi connectivity index (χ0n) is 13.0. The normalized spacial score (nSPS) is 22.7. The summed E-state index contributed by atoms with van der Waals surface area (Å²) < 4.78 is 5.75. The molecule has 3 heteroatoms. The topological polar surface area (TPSA) is 24.5 Å². The first-order chi connectivity index (χ1) is 8.47. The van der Waals surface area contributed by atoms with Gasteiger partial charge in [-0.05, 0) is 31.3 Å². The highest BCUT2D eigenvalue weighted by Crippen LogP contribution is 2.21. The fraction of sp³-hybridized carbons (Fsp3) is 1.00. The quantitative estimate of drug-likeness (QED) is 0.757. The molecule has 1 aliphatic heterocycles. The van der Waals surface area contributed by atoms with Crippen LogP contribution in [-0.4, -0.2) is 49.8 Å². The first kappa shape index (κ1) is 15.9. The fourth-order valence-electron chi connectivity index (χ4n) is 2.56. The molecule has 1 saturated heterocycles. The van der Waals surface area contributed by atoms with Crippen molar-refractivity contribution in [2.24, 2.45) is 5.41 Å². The van der Waals surface area contributed by atoms with Crippen LogP contribution in [0.4, 0.5) is 0 Å². The van der Waals surface area contributed by atoms with Gasteiger partial charge in [0, 0.05) is 25.7 Å². The highest BCUT2D eigenvalue weighted by molar-refractivity contribution is 4.84. The highest BCUT2D eigenvalue weighted by Gasteiger charge is 2.27. The van der Waals surface area contributed by atoms with Gasteiger partial charge in [-0.3, -0.25) is 4.90 Å². The van der Waals surface area contributed by atoms with Crippen LogP contribution >= 0.6 is 0 Å². The molecule has 1 rings (SSSR count). The maximum Gasteiger partial charge on any atom is 0.0702 e. The van der Waals surface area contributed by atoms with Gasteiger partial charge in [0.2, 0.25) is 0 Å². The third-order valence-corrected chi connectivity index (χ3v) is 3.87. The molecule has 0 radical (unpaired) electrons. The van der Waals surface area contributed by atoms with E-state index in [9.17, 15) is 0 Å². The average Bonchev–Trinajstić information content (AvgIpc) is 2.78. The lowest BCUT2D eigenvalue weighted by Gasteiger charge is -2.36. The number of hydrogen-bond acceptors (Lipinski definition) is 3. The number of rotatable bonds is 7. The third-order valence-electron chi connectivity index (χ3n) is 3.87. The molecule has 1 N–H and O–H groups in total. The Morgan fingerprint density at radius 3 is 2.50 bits per heavy atom. The van der Waals surface area contributed by atoms with Crippen LogP contribution in [0.3, 0.4) is 0 Å². The van der Waals surface area contributed by atoms with E-state index in [4.69, 9.17) is 4.74 Å². The van der Waals surface area contributed by atoms with Gasteiger partial charge < -0.3 is 10.1 Å². The summed E-state index contributed by atoms with van der Waals surface area (Å²) in [5.41, 5.74) is 0.306. The largest absolute Gasteiger partial charge is 0.377 e. The predicted octanol–water partition coefficient (Wildman–Crippen LogP) is 2.51. The molecular weight excluding hydrogens is 224 g/mol. The monoisotopic (exact) mass is 256 g/mol. The average molecular weight is 256 g/mol. The standard InChI is InChI=1S/C15H32N2O/c1-6-16-14(15(3,4)5)12-17(7-2)11-13-9-8-10-18-13/h13-14,16H,6-12H2,1-5H3.